The zero-order valence-electron chi connectivity index (χ0n) is 12.9. The Morgan fingerprint density at radius 3 is 2.41 bits per heavy atom. The summed E-state index contributed by atoms with van der Waals surface area (Å²) in [6.45, 7) is 1.95. The third-order valence-corrected chi connectivity index (χ3v) is 3.11. The van der Waals surface area contributed by atoms with Gasteiger partial charge in [0.2, 0.25) is 0 Å². The van der Waals surface area contributed by atoms with Crippen molar-refractivity contribution in [2.75, 3.05) is 32.5 Å². The highest BCUT2D eigenvalue weighted by Gasteiger charge is 2.14. The first-order valence-corrected chi connectivity index (χ1v) is 7.15. The molecule has 0 aliphatic carbocycles. The van der Waals surface area contributed by atoms with Gasteiger partial charge in [-0.15, -0.1) is 0 Å². The molecule has 0 unspecified atom stereocenters. The van der Waals surface area contributed by atoms with Gasteiger partial charge in [0.15, 0.2) is 0 Å². The smallest absolute Gasteiger partial charge is 0.319 e. The van der Waals surface area contributed by atoms with Gasteiger partial charge in [-0.2, -0.15) is 0 Å². The molecule has 0 saturated carbocycles. The van der Waals surface area contributed by atoms with Crippen molar-refractivity contribution in [3.63, 3.8) is 0 Å². The number of likely N-dealkylation sites (N-methyl/N-ethyl adjacent to an activating group) is 1. The van der Waals surface area contributed by atoms with E-state index in [-0.39, 0.29) is 6.03 Å². The first-order chi connectivity index (χ1) is 10.6. The van der Waals surface area contributed by atoms with Crippen molar-refractivity contribution < 1.29 is 4.79 Å². The number of rotatable bonds is 6. The number of aromatic nitrogens is 2. The van der Waals surface area contributed by atoms with Crippen LogP contribution in [0.25, 0.3) is 0 Å². The van der Waals surface area contributed by atoms with Crippen LogP contribution in [0.1, 0.15) is 5.56 Å². The van der Waals surface area contributed by atoms with Crippen LogP contribution in [0.15, 0.2) is 49.1 Å². The number of pyridine rings is 2. The van der Waals surface area contributed by atoms with E-state index in [2.05, 4.69) is 15.3 Å². The first kappa shape index (κ1) is 15.9. The Balaban J connectivity index is 2.04. The molecule has 6 nitrogen and oxygen atoms in total. The Hall–Kier alpha value is -2.47. The van der Waals surface area contributed by atoms with Crippen LogP contribution in [0.2, 0.25) is 0 Å². The molecule has 0 atom stereocenters. The van der Waals surface area contributed by atoms with E-state index < -0.39 is 0 Å². The summed E-state index contributed by atoms with van der Waals surface area (Å²) in [6, 6.07) is 7.31. The number of amides is 2. The lowest BCUT2D eigenvalue weighted by molar-refractivity contribution is 0.202. The molecule has 2 aromatic heterocycles. The highest BCUT2D eigenvalue weighted by Crippen LogP contribution is 2.08. The molecule has 22 heavy (non-hydrogen) atoms. The van der Waals surface area contributed by atoms with Crippen molar-refractivity contribution in [1.82, 2.24) is 19.8 Å². The van der Waals surface area contributed by atoms with Gasteiger partial charge < -0.3 is 15.1 Å². The zero-order valence-corrected chi connectivity index (χ0v) is 12.9. The van der Waals surface area contributed by atoms with Crippen LogP contribution in [-0.4, -0.2) is 53.0 Å². The highest BCUT2D eigenvalue weighted by molar-refractivity contribution is 5.89. The summed E-state index contributed by atoms with van der Waals surface area (Å²) in [7, 11) is 3.97. The molecule has 6 heteroatoms. The molecule has 1 N–H and O–H groups in total. The third-order valence-electron chi connectivity index (χ3n) is 3.11. The number of hydrogen-bond acceptors (Lipinski definition) is 4. The van der Waals surface area contributed by atoms with E-state index in [0.29, 0.717) is 18.8 Å². The summed E-state index contributed by atoms with van der Waals surface area (Å²) in [4.78, 5) is 24.4. The lowest BCUT2D eigenvalue weighted by atomic mass is 10.2. The quantitative estimate of drug-likeness (QED) is 0.887. The summed E-state index contributed by atoms with van der Waals surface area (Å²) in [5.74, 6) is 0. The van der Waals surface area contributed by atoms with Gasteiger partial charge >= 0.3 is 6.03 Å². The Kier molecular flexibility index (Phi) is 5.85. The number of urea groups is 1. The monoisotopic (exact) mass is 299 g/mol. The molecule has 2 heterocycles. The fourth-order valence-corrected chi connectivity index (χ4v) is 1.92. The fraction of sp³-hybridized carbons (Fsp3) is 0.312. The molecule has 2 aromatic rings. The van der Waals surface area contributed by atoms with Crippen LogP contribution in [0.5, 0.6) is 0 Å². The van der Waals surface area contributed by atoms with E-state index in [9.17, 15) is 4.79 Å². The Labute approximate surface area is 130 Å². The second kappa shape index (κ2) is 8.09. The lowest BCUT2D eigenvalue weighted by Crippen LogP contribution is -2.39. The van der Waals surface area contributed by atoms with Crippen molar-refractivity contribution in [3.8, 4) is 0 Å². The molecule has 2 amide bonds. The summed E-state index contributed by atoms with van der Waals surface area (Å²) < 4.78 is 0. The van der Waals surface area contributed by atoms with Gasteiger partial charge in [-0.1, -0.05) is 6.07 Å². The molecule has 0 aromatic carbocycles. The minimum atomic E-state index is -0.140. The molecule has 0 aliphatic rings. The second-order valence-electron chi connectivity index (χ2n) is 5.26. The van der Waals surface area contributed by atoms with E-state index in [1.165, 1.54) is 0 Å². The first-order valence-electron chi connectivity index (χ1n) is 7.15. The molecular formula is C16H21N5O. The van der Waals surface area contributed by atoms with Gasteiger partial charge in [0.1, 0.15) is 0 Å². The highest BCUT2D eigenvalue weighted by atomic mass is 16.2. The van der Waals surface area contributed by atoms with Crippen LogP contribution in [0, 0.1) is 0 Å². The van der Waals surface area contributed by atoms with Gasteiger partial charge in [-0.25, -0.2) is 4.79 Å². The standard InChI is InChI=1S/C16H21N5O/c1-20(2)9-10-21(13-14-5-3-7-17-11-14)16(22)19-15-6-4-8-18-12-15/h3-8,11-12H,9-10,13H2,1-2H3,(H,19,22). The summed E-state index contributed by atoms with van der Waals surface area (Å²) in [5.41, 5.74) is 1.69. The Morgan fingerprint density at radius 2 is 1.82 bits per heavy atom. The van der Waals surface area contributed by atoms with Crippen LogP contribution in [-0.2, 0) is 6.54 Å². The number of carbonyl (C=O) groups is 1. The summed E-state index contributed by atoms with van der Waals surface area (Å²) >= 11 is 0. The van der Waals surface area contributed by atoms with Gasteiger partial charge in [-0.3, -0.25) is 9.97 Å². The normalized spacial score (nSPS) is 10.5. The van der Waals surface area contributed by atoms with Crippen molar-refractivity contribution in [1.29, 1.82) is 0 Å². The summed E-state index contributed by atoms with van der Waals surface area (Å²) in [6.07, 6.45) is 6.81. The largest absolute Gasteiger partial charge is 0.322 e. The van der Waals surface area contributed by atoms with Crippen molar-refractivity contribution >= 4 is 11.7 Å². The molecule has 0 spiro atoms. The van der Waals surface area contributed by atoms with Crippen LogP contribution in [0.3, 0.4) is 0 Å². The molecule has 0 radical (unpaired) electrons. The molecule has 0 saturated heterocycles. The molecule has 0 bridgehead atoms. The number of nitrogens with zero attached hydrogens (tertiary/aromatic N) is 4. The second-order valence-corrected chi connectivity index (χ2v) is 5.26. The van der Waals surface area contributed by atoms with E-state index in [1.54, 1.807) is 35.8 Å². The van der Waals surface area contributed by atoms with Gasteiger partial charge in [0.05, 0.1) is 11.9 Å². The predicted molar refractivity (Wildman–Crippen MR) is 86.5 cm³/mol. The van der Waals surface area contributed by atoms with E-state index >= 15 is 0 Å². The minimum Gasteiger partial charge on any atom is -0.319 e. The topological polar surface area (TPSA) is 61.4 Å². The Bertz CT molecular complexity index is 574. The average Bonchev–Trinajstić information content (AvgIpc) is 2.53. The third kappa shape index (κ3) is 5.14. The number of anilines is 1. The number of hydrogen-bond donors (Lipinski definition) is 1. The van der Waals surface area contributed by atoms with Crippen molar-refractivity contribution in [2.24, 2.45) is 0 Å². The summed E-state index contributed by atoms with van der Waals surface area (Å²) in [5, 5.41) is 2.87. The molecule has 116 valence electrons. The average molecular weight is 299 g/mol. The zero-order chi connectivity index (χ0) is 15.8. The Morgan fingerprint density at radius 1 is 1.09 bits per heavy atom. The number of nitrogens with one attached hydrogen (secondary N) is 1. The minimum absolute atomic E-state index is 0.140. The van der Waals surface area contributed by atoms with E-state index in [1.807, 2.05) is 37.2 Å². The van der Waals surface area contributed by atoms with Crippen molar-refractivity contribution in [2.45, 2.75) is 6.54 Å². The maximum atomic E-state index is 12.5. The van der Waals surface area contributed by atoms with Crippen LogP contribution >= 0.6 is 0 Å². The predicted octanol–water partition coefficient (Wildman–Crippen LogP) is 2.07. The van der Waals surface area contributed by atoms with Crippen LogP contribution in [0.4, 0.5) is 10.5 Å². The van der Waals surface area contributed by atoms with Crippen LogP contribution < -0.4 is 5.32 Å². The van der Waals surface area contributed by atoms with E-state index in [0.717, 1.165) is 12.1 Å². The maximum Gasteiger partial charge on any atom is 0.322 e. The van der Waals surface area contributed by atoms with Crippen molar-refractivity contribution in [3.05, 3.63) is 54.6 Å². The lowest BCUT2D eigenvalue weighted by Gasteiger charge is -2.24. The van der Waals surface area contributed by atoms with Gasteiger partial charge in [0, 0.05) is 38.2 Å². The molecular weight excluding hydrogens is 278 g/mol. The SMILES string of the molecule is CN(C)CCN(Cc1cccnc1)C(=O)Nc1cccnc1. The fourth-order valence-electron chi connectivity index (χ4n) is 1.92. The number of carbonyl (C=O) groups excluding carboxylic acids is 1. The van der Waals surface area contributed by atoms with Gasteiger partial charge in [-0.05, 0) is 37.9 Å². The van der Waals surface area contributed by atoms with Gasteiger partial charge in [0.25, 0.3) is 0 Å². The molecule has 0 aliphatic heterocycles. The maximum absolute atomic E-state index is 12.5. The molecule has 2 rings (SSSR count). The van der Waals surface area contributed by atoms with E-state index in [4.69, 9.17) is 0 Å². The molecule has 0 fully saturated rings.